The predicted molar refractivity (Wildman–Crippen MR) is 206 cm³/mol. The van der Waals surface area contributed by atoms with Crippen LogP contribution in [0, 0.1) is 39.4 Å². The summed E-state index contributed by atoms with van der Waals surface area (Å²) in [5, 5.41) is 5.07. The fourth-order valence-corrected chi connectivity index (χ4v) is 4.90. The van der Waals surface area contributed by atoms with E-state index in [0.29, 0.717) is 16.5 Å². The lowest BCUT2D eigenvalue weighted by molar-refractivity contribution is -0.294. The number of rotatable bonds is 10. The molecule has 0 amide bonds. The first kappa shape index (κ1) is 45.7. The van der Waals surface area contributed by atoms with E-state index in [2.05, 4.69) is 11.0 Å². The standard InChI is InChI=1S/C42H60N2O12/c1-17-24-19-18-20-25-27(24)31(43-44(25)21-22-50-33(45)38(2,3)4)56-32-30(55-37(49)42(14,15)16)29(54-36(48)41(11,12)13)28(53-35(47)40(8,9)10)26(52-32)23-51-34(46)39(5,6)7/h1,18-20,26,28-30,32H,21-23H2,2-16H3/t26-,28-,29+,30-,32?/m1/s1. The van der Waals surface area contributed by atoms with Crippen molar-refractivity contribution < 1.29 is 57.1 Å². The molecule has 310 valence electrons. The third-order valence-electron chi connectivity index (χ3n) is 8.43. The summed E-state index contributed by atoms with van der Waals surface area (Å²) in [6, 6.07) is 5.18. The highest BCUT2D eigenvalue weighted by atomic mass is 16.7. The van der Waals surface area contributed by atoms with E-state index in [-0.39, 0.29) is 19.0 Å². The largest absolute Gasteiger partial charge is 0.463 e. The predicted octanol–water partition coefficient (Wildman–Crippen LogP) is 6.17. The fraction of sp³-hybridized carbons (Fsp3) is 0.667. The molecule has 0 aliphatic carbocycles. The molecule has 2 heterocycles. The molecule has 14 heteroatoms. The molecule has 14 nitrogen and oxygen atoms in total. The third-order valence-corrected chi connectivity index (χ3v) is 8.43. The number of carbonyl (C=O) groups is 5. The van der Waals surface area contributed by atoms with Gasteiger partial charge in [-0.05, 0) is 116 Å². The van der Waals surface area contributed by atoms with E-state index in [1.54, 1.807) is 127 Å². The Hall–Kier alpha value is -4.64. The van der Waals surface area contributed by atoms with Gasteiger partial charge in [0, 0.05) is 5.56 Å². The molecule has 5 atom stereocenters. The molecule has 56 heavy (non-hydrogen) atoms. The number of nitrogens with zero attached hydrogens (tertiary/aromatic N) is 2. The van der Waals surface area contributed by atoms with Crippen molar-refractivity contribution in [3.63, 3.8) is 0 Å². The van der Waals surface area contributed by atoms with E-state index >= 15 is 0 Å². The lowest BCUT2D eigenvalue weighted by Crippen LogP contribution is -2.65. The summed E-state index contributed by atoms with van der Waals surface area (Å²) in [4.78, 5) is 66.5. The van der Waals surface area contributed by atoms with Crippen LogP contribution in [-0.2, 0) is 58.9 Å². The van der Waals surface area contributed by atoms with E-state index in [4.69, 9.17) is 39.6 Å². The summed E-state index contributed by atoms with van der Waals surface area (Å²) < 4.78 is 44.0. The van der Waals surface area contributed by atoms with E-state index in [9.17, 15) is 24.0 Å². The van der Waals surface area contributed by atoms with Crippen molar-refractivity contribution in [2.24, 2.45) is 27.1 Å². The summed E-state index contributed by atoms with van der Waals surface area (Å²) in [5.74, 6) is -0.504. The molecule has 0 radical (unpaired) electrons. The van der Waals surface area contributed by atoms with E-state index in [1.165, 1.54) is 0 Å². The molecule has 1 saturated heterocycles. The van der Waals surface area contributed by atoms with Gasteiger partial charge in [0.15, 0.2) is 12.2 Å². The van der Waals surface area contributed by atoms with Crippen LogP contribution >= 0.6 is 0 Å². The van der Waals surface area contributed by atoms with Gasteiger partial charge in [-0.3, -0.25) is 28.7 Å². The van der Waals surface area contributed by atoms with E-state index < -0.39 is 94.2 Å². The van der Waals surface area contributed by atoms with Gasteiger partial charge in [-0.15, -0.1) is 11.5 Å². The molecule has 0 spiro atoms. The average molecular weight is 785 g/mol. The van der Waals surface area contributed by atoms with Crippen molar-refractivity contribution in [3.8, 4) is 18.2 Å². The van der Waals surface area contributed by atoms with Crippen molar-refractivity contribution in [2.45, 2.75) is 141 Å². The minimum Gasteiger partial charge on any atom is -0.463 e. The number of carbonyl (C=O) groups excluding carboxylic acids is 5. The van der Waals surface area contributed by atoms with Crippen LogP contribution in [0.25, 0.3) is 10.9 Å². The van der Waals surface area contributed by atoms with Gasteiger partial charge < -0.3 is 33.2 Å². The van der Waals surface area contributed by atoms with Gasteiger partial charge in [0.2, 0.25) is 18.3 Å². The second-order valence-corrected chi connectivity index (χ2v) is 19.1. The number of hydrogen-bond acceptors (Lipinski definition) is 13. The molecule has 1 aliphatic rings. The van der Waals surface area contributed by atoms with Gasteiger partial charge >= 0.3 is 29.8 Å². The molecule has 1 aromatic carbocycles. The Kier molecular flexibility index (Phi) is 13.8. The highest BCUT2D eigenvalue weighted by Crippen LogP contribution is 2.37. The lowest BCUT2D eigenvalue weighted by Gasteiger charge is -2.45. The molecule has 3 rings (SSSR count). The topological polar surface area (TPSA) is 168 Å². The van der Waals surface area contributed by atoms with Gasteiger partial charge in [-0.1, -0.05) is 12.0 Å². The van der Waals surface area contributed by atoms with Gasteiger partial charge in [-0.2, -0.15) is 0 Å². The normalized spacial score (nSPS) is 20.7. The minimum absolute atomic E-state index is 0.0226. The molecule has 1 unspecified atom stereocenters. The lowest BCUT2D eigenvalue weighted by atomic mass is 9.93. The maximum atomic E-state index is 13.7. The van der Waals surface area contributed by atoms with Crippen LogP contribution in [0.5, 0.6) is 5.88 Å². The minimum atomic E-state index is -1.60. The molecule has 1 aromatic heterocycles. The molecule has 2 aromatic rings. The second kappa shape index (κ2) is 16.8. The molecule has 1 aliphatic heterocycles. The van der Waals surface area contributed by atoms with Crippen LogP contribution in [0.4, 0.5) is 0 Å². The fourth-order valence-electron chi connectivity index (χ4n) is 4.90. The summed E-state index contributed by atoms with van der Waals surface area (Å²) in [5.41, 5.74) is -3.86. The van der Waals surface area contributed by atoms with Crippen molar-refractivity contribution in [1.29, 1.82) is 0 Å². The van der Waals surface area contributed by atoms with Crippen LogP contribution < -0.4 is 4.74 Å². The molecular formula is C42H60N2O12. The number of benzene rings is 1. The number of ether oxygens (including phenoxy) is 7. The number of aromatic nitrogens is 2. The Bertz CT molecular complexity index is 1820. The van der Waals surface area contributed by atoms with Crippen molar-refractivity contribution >= 4 is 40.7 Å². The SMILES string of the molecule is C#Cc1cccc2c1c(OC1O[C@H](COC(=O)C(C)(C)C)[C@@H](OC(=O)C(C)(C)C)[C@H](OC(=O)C(C)(C)C)[C@H]1OC(=O)C(C)(C)C)nn2CCOC(=O)C(C)(C)C. The maximum Gasteiger partial charge on any atom is 0.311 e. The Labute approximate surface area is 330 Å². The number of fused-ring (bicyclic) bond motifs is 1. The Morgan fingerprint density at radius 3 is 1.62 bits per heavy atom. The van der Waals surface area contributed by atoms with Gasteiger partial charge in [-0.25, -0.2) is 0 Å². The zero-order valence-corrected chi connectivity index (χ0v) is 35.6. The number of esters is 5. The monoisotopic (exact) mass is 784 g/mol. The average Bonchev–Trinajstić information content (AvgIpc) is 3.40. The second-order valence-electron chi connectivity index (χ2n) is 19.1. The van der Waals surface area contributed by atoms with Crippen molar-refractivity contribution in [2.75, 3.05) is 13.2 Å². The van der Waals surface area contributed by atoms with E-state index in [0.717, 1.165) is 0 Å². The number of terminal acetylenes is 1. The summed E-state index contributed by atoms with van der Waals surface area (Å²) in [6.07, 6.45) is -1.53. The van der Waals surface area contributed by atoms with Crippen LogP contribution in [0.1, 0.15) is 109 Å². The van der Waals surface area contributed by atoms with Gasteiger partial charge in [0.25, 0.3) is 0 Å². The Balaban J connectivity index is 2.26. The van der Waals surface area contributed by atoms with Gasteiger partial charge in [0.1, 0.15) is 19.3 Å². The first-order chi connectivity index (χ1) is 25.5. The Morgan fingerprint density at radius 1 is 0.679 bits per heavy atom. The molecule has 1 fully saturated rings. The zero-order valence-electron chi connectivity index (χ0n) is 35.6. The smallest absolute Gasteiger partial charge is 0.311 e. The van der Waals surface area contributed by atoms with Crippen LogP contribution in [0.3, 0.4) is 0 Å². The number of hydrogen-bond donors (Lipinski definition) is 0. The summed E-state index contributed by atoms with van der Waals surface area (Å²) in [7, 11) is 0. The maximum absolute atomic E-state index is 13.7. The molecule has 0 bridgehead atoms. The van der Waals surface area contributed by atoms with Crippen LogP contribution in [-0.4, -0.2) is 83.5 Å². The van der Waals surface area contributed by atoms with Crippen LogP contribution in [0.2, 0.25) is 0 Å². The zero-order chi connectivity index (χ0) is 42.8. The third kappa shape index (κ3) is 11.5. The molecule has 0 N–H and O–H groups in total. The Morgan fingerprint density at radius 2 is 1.14 bits per heavy atom. The van der Waals surface area contributed by atoms with Crippen molar-refractivity contribution in [1.82, 2.24) is 9.78 Å². The summed E-state index contributed by atoms with van der Waals surface area (Å²) >= 11 is 0. The molecule has 0 saturated carbocycles. The summed E-state index contributed by atoms with van der Waals surface area (Å²) in [6.45, 7) is 24.6. The highest BCUT2D eigenvalue weighted by Gasteiger charge is 2.56. The quantitative estimate of drug-likeness (QED) is 0.153. The van der Waals surface area contributed by atoms with Crippen LogP contribution in [0.15, 0.2) is 18.2 Å². The first-order valence-corrected chi connectivity index (χ1v) is 18.7. The first-order valence-electron chi connectivity index (χ1n) is 18.7. The van der Waals surface area contributed by atoms with Crippen molar-refractivity contribution in [3.05, 3.63) is 23.8 Å². The molecular weight excluding hydrogens is 724 g/mol. The van der Waals surface area contributed by atoms with Gasteiger partial charge in [0.05, 0.1) is 44.5 Å². The highest BCUT2D eigenvalue weighted by molar-refractivity contribution is 5.90. The van der Waals surface area contributed by atoms with E-state index in [1.807, 2.05) is 0 Å².